The first-order valence-corrected chi connectivity index (χ1v) is 11.6. The van der Waals surface area contributed by atoms with Crippen molar-refractivity contribution in [2.24, 2.45) is 34.5 Å². The van der Waals surface area contributed by atoms with Gasteiger partial charge in [0.2, 0.25) is 0 Å². The van der Waals surface area contributed by atoms with Crippen molar-refractivity contribution in [3.63, 3.8) is 0 Å². The Bertz CT molecular complexity index is 539. The molecule has 8 atom stereocenters. The monoisotopic (exact) mass is 366 g/mol. The molecule has 25 heavy (non-hydrogen) atoms. The SMILES string of the molecule is CSC[C@H]1[C@H]2CC[C@@]3(CC[C@H]4[C@@](C)(CCC[C@@]4(C)OC=O)[C@@H]3C2)[C@H]1O. The Hall–Kier alpha value is -0.220. The molecule has 0 unspecified atom stereocenters. The summed E-state index contributed by atoms with van der Waals surface area (Å²) in [5.74, 6) is 3.32. The van der Waals surface area contributed by atoms with Crippen LogP contribution in [0.5, 0.6) is 0 Å². The van der Waals surface area contributed by atoms with Gasteiger partial charge in [0.25, 0.3) is 6.47 Å². The van der Waals surface area contributed by atoms with Gasteiger partial charge in [0.05, 0.1) is 6.10 Å². The maximum Gasteiger partial charge on any atom is 0.293 e. The summed E-state index contributed by atoms with van der Waals surface area (Å²) in [5, 5.41) is 11.4. The Morgan fingerprint density at radius 2 is 1.92 bits per heavy atom. The van der Waals surface area contributed by atoms with E-state index in [1.54, 1.807) is 0 Å². The van der Waals surface area contributed by atoms with E-state index >= 15 is 0 Å². The average molecular weight is 367 g/mol. The molecule has 1 N–H and O–H groups in total. The molecule has 5 rings (SSSR count). The smallest absolute Gasteiger partial charge is 0.293 e. The summed E-state index contributed by atoms with van der Waals surface area (Å²) in [5.41, 5.74) is 0.0226. The molecule has 142 valence electrons. The summed E-state index contributed by atoms with van der Waals surface area (Å²) in [6.07, 6.45) is 11.4. The molecule has 5 saturated carbocycles. The van der Waals surface area contributed by atoms with Crippen molar-refractivity contribution in [2.45, 2.75) is 76.9 Å². The van der Waals surface area contributed by atoms with Crippen LogP contribution in [-0.4, -0.2) is 35.3 Å². The van der Waals surface area contributed by atoms with Gasteiger partial charge < -0.3 is 9.84 Å². The minimum absolute atomic E-state index is 0.125. The maximum absolute atomic E-state index is 11.4. The Kier molecular flexibility index (Phi) is 4.47. The molecular formula is C21H34O3S. The van der Waals surface area contributed by atoms with Crippen LogP contribution in [0.1, 0.15) is 65.2 Å². The quantitative estimate of drug-likeness (QED) is 0.755. The van der Waals surface area contributed by atoms with Gasteiger partial charge in [0.1, 0.15) is 5.60 Å². The van der Waals surface area contributed by atoms with Crippen LogP contribution >= 0.6 is 11.8 Å². The van der Waals surface area contributed by atoms with Gasteiger partial charge >= 0.3 is 0 Å². The number of aliphatic hydroxyl groups excluding tert-OH is 1. The van der Waals surface area contributed by atoms with E-state index in [-0.39, 0.29) is 22.5 Å². The summed E-state index contributed by atoms with van der Waals surface area (Å²) in [4.78, 5) is 11.2. The van der Waals surface area contributed by atoms with Crippen molar-refractivity contribution in [3.8, 4) is 0 Å². The van der Waals surface area contributed by atoms with E-state index in [2.05, 4.69) is 20.1 Å². The van der Waals surface area contributed by atoms with Crippen molar-refractivity contribution in [1.29, 1.82) is 0 Å². The first kappa shape index (κ1) is 18.2. The van der Waals surface area contributed by atoms with Crippen molar-refractivity contribution in [2.75, 3.05) is 12.0 Å². The topological polar surface area (TPSA) is 46.5 Å². The highest BCUT2D eigenvalue weighted by Crippen LogP contribution is 2.71. The molecule has 5 aliphatic carbocycles. The van der Waals surface area contributed by atoms with Crippen LogP contribution in [0.2, 0.25) is 0 Å². The predicted molar refractivity (Wildman–Crippen MR) is 101 cm³/mol. The molecule has 0 aromatic carbocycles. The molecular weight excluding hydrogens is 332 g/mol. The van der Waals surface area contributed by atoms with Gasteiger partial charge in [0, 0.05) is 5.92 Å². The van der Waals surface area contributed by atoms with Crippen molar-refractivity contribution < 1.29 is 14.6 Å². The number of ether oxygens (including phenoxy) is 1. The van der Waals surface area contributed by atoms with Crippen LogP contribution < -0.4 is 0 Å². The Balaban J connectivity index is 1.69. The molecule has 0 saturated heterocycles. The number of carbonyl (C=O) groups is 1. The van der Waals surface area contributed by atoms with Crippen molar-refractivity contribution in [1.82, 2.24) is 0 Å². The highest BCUT2D eigenvalue weighted by atomic mass is 32.2. The molecule has 1 spiro atoms. The third kappa shape index (κ3) is 2.38. The second kappa shape index (κ2) is 6.15. The number of hydrogen-bond acceptors (Lipinski definition) is 4. The van der Waals surface area contributed by atoms with Crippen LogP contribution in [-0.2, 0) is 9.53 Å². The van der Waals surface area contributed by atoms with Gasteiger partial charge in [-0.05, 0) is 98.9 Å². The van der Waals surface area contributed by atoms with E-state index in [0.29, 0.717) is 30.1 Å². The fraction of sp³-hybridized carbons (Fsp3) is 0.952. The summed E-state index contributed by atoms with van der Waals surface area (Å²) < 4.78 is 5.70. The van der Waals surface area contributed by atoms with Gasteiger partial charge in [-0.2, -0.15) is 11.8 Å². The van der Waals surface area contributed by atoms with E-state index in [9.17, 15) is 9.90 Å². The van der Waals surface area contributed by atoms with E-state index < -0.39 is 0 Å². The van der Waals surface area contributed by atoms with Gasteiger partial charge in [-0.3, -0.25) is 4.79 Å². The van der Waals surface area contributed by atoms with Gasteiger partial charge in [-0.1, -0.05) is 6.92 Å². The summed E-state index contributed by atoms with van der Waals surface area (Å²) in [6, 6.07) is 0. The summed E-state index contributed by atoms with van der Waals surface area (Å²) in [6.45, 7) is 5.30. The number of hydrogen-bond donors (Lipinski definition) is 1. The Morgan fingerprint density at radius 1 is 1.16 bits per heavy atom. The number of carbonyl (C=O) groups excluding carboxylic acids is 1. The van der Waals surface area contributed by atoms with E-state index in [1.165, 1.54) is 25.7 Å². The number of thioether (sulfide) groups is 1. The lowest BCUT2D eigenvalue weighted by molar-refractivity contribution is -0.252. The molecule has 0 aromatic rings. The fourth-order valence-corrected chi connectivity index (χ4v) is 8.93. The highest BCUT2D eigenvalue weighted by molar-refractivity contribution is 7.98. The van der Waals surface area contributed by atoms with Crippen LogP contribution in [0.4, 0.5) is 0 Å². The lowest BCUT2D eigenvalue weighted by atomic mass is 9.36. The van der Waals surface area contributed by atoms with Crippen LogP contribution in [0.15, 0.2) is 0 Å². The Labute approximate surface area is 156 Å². The third-order valence-electron chi connectivity index (χ3n) is 9.11. The average Bonchev–Trinajstić information content (AvgIpc) is 2.58. The van der Waals surface area contributed by atoms with Gasteiger partial charge in [-0.25, -0.2) is 0 Å². The van der Waals surface area contributed by atoms with Gasteiger partial charge in [0.15, 0.2) is 0 Å². The minimum atomic E-state index is -0.309. The van der Waals surface area contributed by atoms with Gasteiger partial charge in [-0.15, -0.1) is 0 Å². The van der Waals surface area contributed by atoms with Crippen LogP contribution in [0.3, 0.4) is 0 Å². The Morgan fingerprint density at radius 3 is 2.64 bits per heavy atom. The molecule has 5 fully saturated rings. The minimum Gasteiger partial charge on any atom is -0.461 e. The molecule has 4 heteroatoms. The number of aliphatic hydroxyl groups is 1. The highest BCUT2D eigenvalue weighted by Gasteiger charge is 2.67. The lowest BCUT2D eigenvalue weighted by Crippen LogP contribution is -2.67. The van der Waals surface area contributed by atoms with Crippen molar-refractivity contribution in [3.05, 3.63) is 0 Å². The first-order valence-electron chi connectivity index (χ1n) is 10.2. The molecule has 0 amide bonds. The number of fused-ring (bicyclic) bond motifs is 3. The second-order valence-electron chi connectivity index (χ2n) is 9.86. The number of rotatable bonds is 4. The van der Waals surface area contributed by atoms with Crippen molar-refractivity contribution >= 4 is 18.2 Å². The fourth-order valence-electron chi connectivity index (χ4n) is 8.09. The van der Waals surface area contributed by atoms with Crippen LogP contribution in [0.25, 0.3) is 0 Å². The second-order valence-corrected chi connectivity index (χ2v) is 10.8. The van der Waals surface area contributed by atoms with E-state index in [1.807, 2.05) is 11.8 Å². The zero-order chi connectivity index (χ0) is 17.9. The molecule has 3 nitrogen and oxygen atoms in total. The molecule has 0 aromatic heterocycles. The lowest BCUT2D eigenvalue weighted by Gasteiger charge is -2.69. The summed E-state index contributed by atoms with van der Waals surface area (Å²) in [7, 11) is 0. The molecule has 5 aliphatic rings. The normalized spacial score (nSPS) is 54.5. The zero-order valence-corrected chi connectivity index (χ0v) is 16.8. The molecule has 2 bridgehead atoms. The van der Waals surface area contributed by atoms with E-state index in [0.717, 1.165) is 31.4 Å². The molecule has 0 aliphatic heterocycles. The standard InChI is InChI=1S/C21H34O3S/c1-19-7-4-8-20(2,24-13-22)16(19)6-10-21-9-5-14(11-17(19)21)15(12-25-3)18(21)23/h13-18,23H,4-12H2,1-3H3/t14-,15-,16-,17-,18-,19+,20+,21-/m0/s1. The molecule has 0 heterocycles. The third-order valence-corrected chi connectivity index (χ3v) is 9.82. The van der Waals surface area contributed by atoms with Crippen LogP contribution in [0, 0.1) is 34.5 Å². The maximum atomic E-state index is 11.4. The largest absolute Gasteiger partial charge is 0.461 e. The first-order chi connectivity index (χ1) is 11.9. The summed E-state index contributed by atoms with van der Waals surface area (Å²) >= 11 is 1.90. The molecule has 0 radical (unpaired) electrons. The zero-order valence-electron chi connectivity index (χ0n) is 16.0. The van der Waals surface area contributed by atoms with E-state index in [4.69, 9.17) is 4.74 Å². The predicted octanol–water partition coefficient (Wildman–Crippen LogP) is 4.27.